The molecule has 1 heterocycles. The van der Waals surface area contributed by atoms with E-state index in [-0.39, 0.29) is 10.0 Å². The highest BCUT2D eigenvalue weighted by Gasteiger charge is 2.32. The molecule has 0 aliphatic carbocycles. The van der Waals surface area contributed by atoms with Crippen molar-refractivity contribution in [2.45, 2.75) is 6.29 Å². The zero-order valence-corrected chi connectivity index (χ0v) is 10.0. The molecule has 0 aromatic heterocycles. The molecule has 17 heavy (non-hydrogen) atoms. The summed E-state index contributed by atoms with van der Waals surface area (Å²) in [6.45, 7) is 0.641. The number of rotatable bonds is 2. The van der Waals surface area contributed by atoms with E-state index in [4.69, 9.17) is 9.47 Å². The predicted molar refractivity (Wildman–Crippen MR) is 58.8 cm³/mol. The van der Waals surface area contributed by atoms with E-state index in [0.717, 1.165) is 0 Å². The molecule has 0 amide bonds. The van der Waals surface area contributed by atoms with Crippen LogP contribution in [0.15, 0.2) is 10.5 Å². The SMILES string of the molecule is O=[N+]([O-])c1c(C2OCCO2)cc(Br)c(O)c1O. The highest BCUT2D eigenvalue weighted by atomic mass is 79.9. The van der Waals surface area contributed by atoms with Crippen molar-refractivity contribution in [3.8, 4) is 11.5 Å². The van der Waals surface area contributed by atoms with Crippen molar-refractivity contribution >= 4 is 21.6 Å². The Hall–Kier alpha value is -1.38. The first-order chi connectivity index (χ1) is 8.02. The summed E-state index contributed by atoms with van der Waals surface area (Å²) in [4.78, 5) is 10.1. The van der Waals surface area contributed by atoms with Crippen LogP contribution in [-0.2, 0) is 9.47 Å². The number of ether oxygens (including phenoxy) is 2. The minimum atomic E-state index is -0.904. The van der Waals surface area contributed by atoms with E-state index in [9.17, 15) is 20.3 Å². The van der Waals surface area contributed by atoms with Crippen molar-refractivity contribution in [1.82, 2.24) is 0 Å². The summed E-state index contributed by atoms with van der Waals surface area (Å²) in [5.74, 6) is -1.39. The van der Waals surface area contributed by atoms with Crippen molar-refractivity contribution in [1.29, 1.82) is 0 Å². The molecule has 1 aromatic rings. The number of nitro groups is 1. The Morgan fingerprint density at radius 1 is 1.35 bits per heavy atom. The van der Waals surface area contributed by atoms with Gasteiger partial charge < -0.3 is 19.7 Å². The number of nitrogens with zero attached hydrogens (tertiary/aromatic N) is 1. The Kier molecular flexibility index (Phi) is 3.18. The summed E-state index contributed by atoms with van der Waals surface area (Å²) in [6, 6.07) is 1.29. The van der Waals surface area contributed by atoms with E-state index in [0.29, 0.717) is 13.2 Å². The Balaban J connectivity index is 2.60. The molecular formula is C9H8BrNO6. The first-order valence-electron chi connectivity index (χ1n) is 4.64. The van der Waals surface area contributed by atoms with Gasteiger partial charge in [0.15, 0.2) is 12.0 Å². The third-order valence-corrected chi connectivity index (χ3v) is 2.89. The van der Waals surface area contributed by atoms with E-state index in [1.165, 1.54) is 6.07 Å². The fraction of sp³-hybridized carbons (Fsp3) is 0.333. The van der Waals surface area contributed by atoms with Crippen LogP contribution in [0.4, 0.5) is 5.69 Å². The topological polar surface area (TPSA) is 102 Å². The molecule has 0 saturated carbocycles. The number of benzene rings is 1. The van der Waals surface area contributed by atoms with Crippen LogP contribution >= 0.6 is 15.9 Å². The van der Waals surface area contributed by atoms with E-state index in [1.54, 1.807) is 0 Å². The zero-order valence-electron chi connectivity index (χ0n) is 8.42. The minimum Gasteiger partial charge on any atom is -0.503 e. The van der Waals surface area contributed by atoms with Crippen LogP contribution in [-0.4, -0.2) is 28.4 Å². The standard InChI is InChI=1S/C9H8BrNO6/c10-5-3-4(9-16-1-2-17-9)6(11(14)15)8(13)7(5)12/h3,9,12-13H,1-2H2. The van der Waals surface area contributed by atoms with E-state index in [2.05, 4.69) is 15.9 Å². The smallest absolute Gasteiger partial charge is 0.322 e. The average Bonchev–Trinajstić information content (AvgIpc) is 2.77. The molecule has 0 unspecified atom stereocenters. The molecule has 1 aromatic carbocycles. The van der Waals surface area contributed by atoms with E-state index in [1.807, 2.05) is 0 Å². The van der Waals surface area contributed by atoms with Crippen LogP contribution in [0.3, 0.4) is 0 Å². The van der Waals surface area contributed by atoms with Crippen LogP contribution in [0.25, 0.3) is 0 Å². The summed E-state index contributed by atoms with van der Waals surface area (Å²) < 4.78 is 10.4. The maximum atomic E-state index is 10.9. The molecule has 2 N–H and O–H groups in total. The summed E-state index contributed by atoms with van der Waals surface area (Å²) in [5.41, 5.74) is -0.549. The maximum Gasteiger partial charge on any atom is 0.322 e. The number of phenolic OH excluding ortho intramolecular Hbond substituents is 2. The molecule has 8 heteroatoms. The number of phenols is 2. The molecule has 1 aliphatic rings. The van der Waals surface area contributed by atoms with Crippen molar-refractivity contribution in [3.63, 3.8) is 0 Å². The van der Waals surface area contributed by atoms with Gasteiger partial charge in [-0.05, 0) is 22.0 Å². The molecule has 0 atom stereocenters. The second-order valence-corrected chi connectivity index (χ2v) is 4.18. The zero-order chi connectivity index (χ0) is 12.6. The van der Waals surface area contributed by atoms with Crippen molar-refractivity contribution in [3.05, 3.63) is 26.2 Å². The molecule has 92 valence electrons. The first kappa shape index (κ1) is 12.1. The fourth-order valence-corrected chi connectivity index (χ4v) is 1.98. The number of hydrogen-bond acceptors (Lipinski definition) is 6. The van der Waals surface area contributed by atoms with Crippen LogP contribution in [0.1, 0.15) is 11.9 Å². The Morgan fingerprint density at radius 2 is 1.94 bits per heavy atom. The van der Waals surface area contributed by atoms with Gasteiger partial charge in [0.1, 0.15) is 0 Å². The van der Waals surface area contributed by atoms with Gasteiger partial charge in [-0.3, -0.25) is 10.1 Å². The number of halogens is 1. The van der Waals surface area contributed by atoms with E-state index < -0.39 is 28.4 Å². The highest BCUT2D eigenvalue weighted by molar-refractivity contribution is 9.10. The summed E-state index contributed by atoms with van der Waals surface area (Å²) >= 11 is 2.98. The molecule has 1 saturated heterocycles. The largest absolute Gasteiger partial charge is 0.503 e. The lowest BCUT2D eigenvalue weighted by molar-refractivity contribution is -0.387. The second kappa shape index (κ2) is 4.47. The Labute approximate surface area is 104 Å². The quantitative estimate of drug-likeness (QED) is 0.491. The van der Waals surface area contributed by atoms with E-state index >= 15 is 0 Å². The van der Waals surface area contributed by atoms with Crippen LogP contribution in [0.5, 0.6) is 11.5 Å². The van der Waals surface area contributed by atoms with Crippen molar-refractivity contribution < 1.29 is 24.6 Å². The molecule has 0 bridgehead atoms. The van der Waals surface area contributed by atoms with Crippen LogP contribution < -0.4 is 0 Å². The second-order valence-electron chi connectivity index (χ2n) is 3.32. The lowest BCUT2D eigenvalue weighted by Crippen LogP contribution is -2.04. The van der Waals surface area contributed by atoms with Gasteiger partial charge >= 0.3 is 5.69 Å². The molecule has 7 nitrogen and oxygen atoms in total. The van der Waals surface area contributed by atoms with Crippen LogP contribution in [0.2, 0.25) is 0 Å². The number of hydrogen-bond donors (Lipinski definition) is 2. The monoisotopic (exact) mass is 305 g/mol. The van der Waals surface area contributed by atoms with Gasteiger partial charge in [-0.25, -0.2) is 0 Å². The molecular weight excluding hydrogens is 298 g/mol. The van der Waals surface area contributed by atoms with Gasteiger partial charge in [-0.1, -0.05) is 0 Å². The van der Waals surface area contributed by atoms with Crippen LogP contribution in [0, 0.1) is 10.1 Å². The predicted octanol–water partition coefficient (Wildman–Crippen LogP) is 1.81. The molecule has 0 spiro atoms. The third kappa shape index (κ3) is 2.06. The summed E-state index contributed by atoms with van der Waals surface area (Å²) in [5, 5.41) is 29.8. The van der Waals surface area contributed by atoms with Gasteiger partial charge in [-0.2, -0.15) is 0 Å². The third-order valence-electron chi connectivity index (χ3n) is 2.29. The van der Waals surface area contributed by atoms with Gasteiger partial charge in [0.2, 0.25) is 5.75 Å². The lowest BCUT2D eigenvalue weighted by atomic mass is 10.1. The fourth-order valence-electron chi connectivity index (χ4n) is 1.54. The molecule has 2 rings (SSSR count). The van der Waals surface area contributed by atoms with Gasteiger partial charge in [0.05, 0.1) is 28.2 Å². The first-order valence-corrected chi connectivity index (χ1v) is 5.43. The molecule has 1 aliphatic heterocycles. The van der Waals surface area contributed by atoms with Crippen molar-refractivity contribution in [2.24, 2.45) is 0 Å². The lowest BCUT2D eigenvalue weighted by Gasteiger charge is -2.12. The highest BCUT2D eigenvalue weighted by Crippen LogP contribution is 2.46. The summed E-state index contributed by atoms with van der Waals surface area (Å²) in [7, 11) is 0. The normalized spacial score (nSPS) is 16.3. The summed E-state index contributed by atoms with van der Waals surface area (Å²) in [6.07, 6.45) is -0.904. The molecule has 1 fully saturated rings. The average molecular weight is 306 g/mol. The number of nitro benzene ring substituents is 1. The van der Waals surface area contributed by atoms with Crippen molar-refractivity contribution in [2.75, 3.05) is 13.2 Å². The Bertz CT molecular complexity index is 471. The van der Waals surface area contributed by atoms with Gasteiger partial charge in [0, 0.05) is 0 Å². The molecule has 0 radical (unpaired) electrons. The van der Waals surface area contributed by atoms with Gasteiger partial charge in [-0.15, -0.1) is 0 Å². The Morgan fingerprint density at radius 3 is 2.47 bits per heavy atom. The maximum absolute atomic E-state index is 10.9. The minimum absolute atomic E-state index is 0.0645. The van der Waals surface area contributed by atoms with Gasteiger partial charge in [0.25, 0.3) is 0 Å². The number of aromatic hydroxyl groups is 2.